The summed E-state index contributed by atoms with van der Waals surface area (Å²) in [6, 6.07) is 12.6. The zero-order chi connectivity index (χ0) is 15.4. The molecule has 1 heterocycles. The summed E-state index contributed by atoms with van der Waals surface area (Å²) in [4.78, 5) is 17.9. The van der Waals surface area contributed by atoms with E-state index in [1.54, 1.807) is 0 Å². The van der Waals surface area contributed by atoms with E-state index >= 15 is 0 Å². The molecule has 0 amide bonds. The maximum atomic E-state index is 12.5. The topological polar surface area (TPSA) is 36.1 Å². The first kappa shape index (κ1) is 15.5. The van der Waals surface area contributed by atoms with E-state index in [0.29, 0.717) is 12.6 Å². The number of carbonyl (C=O) groups is 1. The average molecular weight is 284 g/mol. The number of carbonyl (C=O) groups excluding carboxylic acids is 1. The van der Waals surface area contributed by atoms with E-state index in [0.717, 1.165) is 23.5 Å². The third-order valence-corrected chi connectivity index (χ3v) is 3.76. The van der Waals surface area contributed by atoms with E-state index in [1.807, 2.05) is 38.1 Å². The van der Waals surface area contributed by atoms with Gasteiger partial charge >= 0.3 is 0 Å². The summed E-state index contributed by atoms with van der Waals surface area (Å²) in [6.07, 6.45) is 0. The van der Waals surface area contributed by atoms with E-state index in [9.17, 15) is 4.79 Å². The van der Waals surface area contributed by atoms with Gasteiger partial charge in [-0.1, -0.05) is 30.3 Å². The summed E-state index contributed by atoms with van der Waals surface area (Å²) < 4.78 is 0. The number of Topliss-reactive ketones (excluding diaryl/α,β-unsaturated/α-hetero) is 1. The van der Waals surface area contributed by atoms with E-state index < -0.39 is 0 Å². The van der Waals surface area contributed by atoms with Crippen LogP contribution in [0, 0.1) is 13.8 Å². The van der Waals surface area contributed by atoms with Crippen molar-refractivity contribution in [2.75, 3.05) is 6.54 Å². The highest BCUT2D eigenvalue weighted by Gasteiger charge is 2.18. The zero-order valence-electron chi connectivity index (χ0n) is 13.3. The molecule has 0 aliphatic heterocycles. The van der Waals surface area contributed by atoms with Gasteiger partial charge in [0, 0.05) is 29.5 Å². The molecular weight excluding hydrogens is 260 g/mol. The molecular formula is C18H24N2O. The second kappa shape index (κ2) is 6.72. The third kappa shape index (κ3) is 4.05. The summed E-state index contributed by atoms with van der Waals surface area (Å²) in [5.74, 6) is 0.182. The van der Waals surface area contributed by atoms with Gasteiger partial charge in [-0.25, -0.2) is 0 Å². The summed E-state index contributed by atoms with van der Waals surface area (Å²) in [7, 11) is 0. The van der Waals surface area contributed by atoms with Crippen molar-refractivity contribution in [2.45, 2.75) is 40.3 Å². The van der Waals surface area contributed by atoms with Crippen LogP contribution < -0.4 is 0 Å². The number of H-pyrrole nitrogens is 1. The van der Waals surface area contributed by atoms with Crippen molar-refractivity contribution in [3.8, 4) is 0 Å². The Morgan fingerprint density at radius 1 is 1.19 bits per heavy atom. The van der Waals surface area contributed by atoms with Crippen LogP contribution in [-0.2, 0) is 6.54 Å². The highest BCUT2D eigenvalue weighted by molar-refractivity contribution is 5.98. The van der Waals surface area contributed by atoms with Crippen LogP contribution in [0.2, 0.25) is 0 Å². The Kier molecular flexibility index (Phi) is 4.97. The molecule has 0 aliphatic carbocycles. The van der Waals surface area contributed by atoms with Gasteiger partial charge in [-0.05, 0) is 39.3 Å². The van der Waals surface area contributed by atoms with E-state index in [-0.39, 0.29) is 5.78 Å². The molecule has 1 aromatic carbocycles. The molecule has 2 aromatic rings. The number of hydrogen-bond donors (Lipinski definition) is 1. The van der Waals surface area contributed by atoms with Crippen LogP contribution in [0.1, 0.15) is 41.2 Å². The Labute approximate surface area is 127 Å². The van der Waals surface area contributed by atoms with E-state index in [1.165, 1.54) is 5.56 Å². The average Bonchev–Trinajstić information content (AvgIpc) is 2.78. The van der Waals surface area contributed by atoms with Gasteiger partial charge in [-0.2, -0.15) is 0 Å². The number of nitrogens with zero attached hydrogens (tertiary/aromatic N) is 1. The molecule has 112 valence electrons. The number of nitrogens with one attached hydrogen (secondary N) is 1. The van der Waals surface area contributed by atoms with Crippen molar-refractivity contribution in [1.82, 2.24) is 9.88 Å². The molecule has 0 saturated carbocycles. The van der Waals surface area contributed by atoms with Crippen molar-refractivity contribution in [1.29, 1.82) is 0 Å². The standard InChI is InChI=1S/C18H24N2O/c1-13(2)20(11-16-8-6-5-7-9-16)12-18(21)17-10-14(3)19-15(17)4/h5-10,13,19H,11-12H2,1-4H3. The third-order valence-electron chi connectivity index (χ3n) is 3.76. The lowest BCUT2D eigenvalue weighted by atomic mass is 10.1. The van der Waals surface area contributed by atoms with Gasteiger partial charge in [0.2, 0.25) is 0 Å². The minimum atomic E-state index is 0.182. The molecule has 3 nitrogen and oxygen atoms in total. The summed E-state index contributed by atoms with van der Waals surface area (Å²) in [6.45, 7) is 9.44. The fraction of sp³-hybridized carbons (Fsp3) is 0.389. The van der Waals surface area contributed by atoms with Crippen LogP contribution in [0.15, 0.2) is 36.4 Å². The van der Waals surface area contributed by atoms with Crippen molar-refractivity contribution < 1.29 is 4.79 Å². The van der Waals surface area contributed by atoms with Gasteiger partial charge in [0.1, 0.15) is 0 Å². The molecule has 0 saturated heterocycles. The Balaban J connectivity index is 2.09. The van der Waals surface area contributed by atoms with Crippen LogP contribution in [0.25, 0.3) is 0 Å². The minimum absolute atomic E-state index is 0.182. The fourth-order valence-corrected chi connectivity index (χ4v) is 2.52. The van der Waals surface area contributed by atoms with Gasteiger partial charge in [-0.15, -0.1) is 0 Å². The lowest BCUT2D eigenvalue weighted by molar-refractivity contribution is 0.0897. The Morgan fingerprint density at radius 2 is 1.86 bits per heavy atom. The van der Waals surface area contributed by atoms with Gasteiger partial charge in [0.15, 0.2) is 5.78 Å². The smallest absolute Gasteiger partial charge is 0.178 e. The molecule has 2 rings (SSSR count). The molecule has 1 aromatic heterocycles. The van der Waals surface area contributed by atoms with E-state index in [4.69, 9.17) is 0 Å². The molecule has 0 spiro atoms. The van der Waals surface area contributed by atoms with Crippen molar-refractivity contribution in [3.63, 3.8) is 0 Å². The predicted molar refractivity (Wildman–Crippen MR) is 86.6 cm³/mol. The zero-order valence-corrected chi connectivity index (χ0v) is 13.3. The number of aromatic amines is 1. The first-order valence-corrected chi connectivity index (χ1v) is 7.44. The number of rotatable bonds is 6. The Hall–Kier alpha value is -1.87. The second-order valence-corrected chi connectivity index (χ2v) is 5.90. The minimum Gasteiger partial charge on any atom is -0.362 e. The van der Waals surface area contributed by atoms with Gasteiger partial charge in [-0.3, -0.25) is 9.69 Å². The lowest BCUT2D eigenvalue weighted by Crippen LogP contribution is -2.35. The molecule has 0 radical (unpaired) electrons. The molecule has 0 atom stereocenters. The van der Waals surface area contributed by atoms with Crippen molar-refractivity contribution in [2.24, 2.45) is 0 Å². The lowest BCUT2D eigenvalue weighted by Gasteiger charge is -2.25. The monoisotopic (exact) mass is 284 g/mol. The van der Waals surface area contributed by atoms with Gasteiger partial charge in [0.05, 0.1) is 6.54 Å². The van der Waals surface area contributed by atoms with Crippen molar-refractivity contribution >= 4 is 5.78 Å². The molecule has 0 unspecified atom stereocenters. The number of benzene rings is 1. The largest absolute Gasteiger partial charge is 0.362 e. The maximum Gasteiger partial charge on any atom is 0.178 e. The van der Waals surface area contributed by atoms with Gasteiger partial charge in [0.25, 0.3) is 0 Å². The van der Waals surface area contributed by atoms with Crippen LogP contribution in [0.4, 0.5) is 0 Å². The van der Waals surface area contributed by atoms with Crippen LogP contribution >= 0.6 is 0 Å². The summed E-state index contributed by atoms with van der Waals surface area (Å²) >= 11 is 0. The normalized spacial score (nSPS) is 11.3. The maximum absolute atomic E-state index is 12.5. The molecule has 3 heteroatoms. The highest BCUT2D eigenvalue weighted by atomic mass is 16.1. The van der Waals surface area contributed by atoms with Crippen LogP contribution in [-0.4, -0.2) is 28.3 Å². The molecule has 1 N–H and O–H groups in total. The van der Waals surface area contributed by atoms with Crippen molar-refractivity contribution in [3.05, 3.63) is 58.9 Å². The number of aryl methyl sites for hydroxylation is 2. The predicted octanol–water partition coefficient (Wildman–Crippen LogP) is 3.72. The van der Waals surface area contributed by atoms with E-state index in [2.05, 4.69) is 35.9 Å². The second-order valence-electron chi connectivity index (χ2n) is 5.90. The number of aromatic nitrogens is 1. The fourth-order valence-electron chi connectivity index (χ4n) is 2.52. The highest BCUT2D eigenvalue weighted by Crippen LogP contribution is 2.14. The molecule has 0 bridgehead atoms. The number of hydrogen-bond acceptors (Lipinski definition) is 2. The Morgan fingerprint density at radius 3 is 2.38 bits per heavy atom. The van der Waals surface area contributed by atoms with Gasteiger partial charge < -0.3 is 4.98 Å². The molecule has 0 fully saturated rings. The SMILES string of the molecule is Cc1cc(C(=O)CN(Cc2ccccc2)C(C)C)c(C)[nH]1. The number of ketones is 1. The van der Waals surface area contributed by atoms with Crippen LogP contribution in [0.5, 0.6) is 0 Å². The molecule has 0 aliphatic rings. The quantitative estimate of drug-likeness (QED) is 0.821. The summed E-state index contributed by atoms with van der Waals surface area (Å²) in [5.41, 5.74) is 4.04. The summed E-state index contributed by atoms with van der Waals surface area (Å²) in [5, 5.41) is 0. The first-order chi connectivity index (χ1) is 9.97. The van der Waals surface area contributed by atoms with Crippen LogP contribution in [0.3, 0.4) is 0 Å². The first-order valence-electron chi connectivity index (χ1n) is 7.44. The Bertz CT molecular complexity index is 599. The molecule has 21 heavy (non-hydrogen) atoms.